The van der Waals surface area contributed by atoms with Gasteiger partial charge in [0.25, 0.3) is 0 Å². The Morgan fingerprint density at radius 2 is 1.92 bits per heavy atom. The van der Waals surface area contributed by atoms with E-state index in [0.29, 0.717) is 11.6 Å². The van der Waals surface area contributed by atoms with Crippen molar-refractivity contribution in [3.05, 3.63) is 76.4 Å². The molecule has 4 aromatic rings. The zero-order valence-corrected chi connectivity index (χ0v) is 20.9. The van der Waals surface area contributed by atoms with Gasteiger partial charge in [0.05, 0.1) is 12.1 Å². The Labute approximate surface area is 216 Å². The average Bonchev–Trinajstić information content (AvgIpc) is 3.41. The average molecular weight is 525 g/mol. The maximum absolute atomic E-state index is 13.3. The van der Waals surface area contributed by atoms with Crippen molar-refractivity contribution < 1.29 is 23.5 Å². The van der Waals surface area contributed by atoms with E-state index in [1.807, 2.05) is 18.3 Å². The van der Waals surface area contributed by atoms with Crippen molar-refractivity contribution >= 4 is 33.8 Å². The standard InChI is InChI=1S/C27H26F2N4O3S/c1-15(30-25(35)11-17-8-19(28)12-20(29)9-17)26(36)31-21-5-3-18(4-6-21)22-13-33-23-7-2-16(14-34)10-24(23)37-27(33)32-22/h3-6,8-9,12-13,15-16,34H,2,7,10-11,14H2,1H3,(H,30,35)(H,31,36)/t15-,16?/m0/s1. The summed E-state index contributed by atoms with van der Waals surface area (Å²) in [5, 5.41) is 14.8. The highest BCUT2D eigenvalue weighted by Gasteiger charge is 2.24. The number of amides is 2. The fourth-order valence-corrected chi connectivity index (χ4v) is 5.85. The molecular formula is C27H26F2N4O3S. The van der Waals surface area contributed by atoms with Crippen molar-refractivity contribution in [3.63, 3.8) is 0 Å². The molecule has 0 spiro atoms. The molecule has 10 heteroatoms. The van der Waals surface area contributed by atoms with Gasteiger partial charge in [-0.2, -0.15) is 0 Å². The summed E-state index contributed by atoms with van der Waals surface area (Å²) in [6.45, 7) is 1.75. The Balaban J connectivity index is 1.19. The molecule has 192 valence electrons. The largest absolute Gasteiger partial charge is 0.396 e. The summed E-state index contributed by atoms with van der Waals surface area (Å²) < 4.78 is 28.8. The fraction of sp³-hybridized carbons (Fsp3) is 0.296. The topological polar surface area (TPSA) is 95.7 Å². The maximum Gasteiger partial charge on any atom is 0.246 e. The van der Waals surface area contributed by atoms with Crippen molar-refractivity contribution in [1.29, 1.82) is 0 Å². The van der Waals surface area contributed by atoms with E-state index >= 15 is 0 Å². The molecule has 0 bridgehead atoms. The lowest BCUT2D eigenvalue weighted by molar-refractivity contribution is -0.125. The minimum atomic E-state index is -0.845. The van der Waals surface area contributed by atoms with Crippen LogP contribution < -0.4 is 10.6 Å². The van der Waals surface area contributed by atoms with Gasteiger partial charge in [-0.25, -0.2) is 13.8 Å². The van der Waals surface area contributed by atoms with E-state index in [4.69, 9.17) is 4.98 Å². The Bertz CT molecular complexity index is 1440. The van der Waals surface area contributed by atoms with E-state index in [2.05, 4.69) is 15.0 Å². The SMILES string of the molecule is C[C@H](NC(=O)Cc1cc(F)cc(F)c1)C(=O)Nc1ccc(-c2cn3c4c(sc3n2)CC(CO)CC4)cc1. The van der Waals surface area contributed by atoms with Crippen molar-refractivity contribution in [2.24, 2.45) is 5.92 Å². The van der Waals surface area contributed by atoms with Crippen molar-refractivity contribution in [3.8, 4) is 11.3 Å². The number of anilines is 1. The second kappa shape index (κ2) is 10.4. The maximum atomic E-state index is 13.3. The number of thiazole rings is 1. The summed E-state index contributed by atoms with van der Waals surface area (Å²) in [5.41, 5.74) is 3.77. The molecule has 2 heterocycles. The first-order valence-electron chi connectivity index (χ1n) is 12.0. The van der Waals surface area contributed by atoms with Gasteiger partial charge in [-0.15, -0.1) is 11.3 Å². The number of benzene rings is 2. The lowest BCUT2D eigenvalue weighted by Crippen LogP contribution is -2.42. The molecule has 0 radical (unpaired) electrons. The molecule has 1 aliphatic rings. The molecule has 3 N–H and O–H groups in total. The molecule has 0 saturated heterocycles. The van der Waals surface area contributed by atoms with Gasteiger partial charge in [-0.1, -0.05) is 12.1 Å². The van der Waals surface area contributed by atoms with Gasteiger partial charge in [0.1, 0.15) is 17.7 Å². The van der Waals surface area contributed by atoms with Gasteiger partial charge in [0, 0.05) is 40.7 Å². The lowest BCUT2D eigenvalue weighted by atomic mass is 9.92. The van der Waals surface area contributed by atoms with Crippen LogP contribution >= 0.6 is 11.3 Å². The molecule has 0 saturated carbocycles. The number of fused-ring (bicyclic) bond motifs is 3. The normalized spacial score (nSPS) is 15.8. The predicted molar refractivity (Wildman–Crippen MR) is 137 cm³/mol. The van der Waals surface area contributed by atoms with E-state index in [-0.39, 0.29) is 18.6 Å². The van der Waals surface area contributed by atoms with Crippen LogP contribution in [0.2, 0.25) is 0 Å². The quantitative estimate of drug-likeness (QED) is 0.339. The highest BCUT2D eigenvalue weighted by Crippen LogP contribution is 2.34. The smallest absolute Gasteiger partial charge is 0.246 e. The number of halogens is 2. The third-order valence-corrected chi connectivity index (χ3v) is 7.65. The number of aliphatic hydroxyl groups excluding tert-OH is 1. The number of carbonyl (C=O) groups excluding carboxylic acids is 2. The van der Waals surface area contributed by atoms with Gasteiger partial charge in [0.2, 0.25) is 11.8 Å². The van der Waals surface area contributed by atoms with Crippen LogP contribution in [0.25, 0.3) is 16.2 Å². The number of aryl methyl sites for hydroxylation is 1. The van der Waals surface area contributed by atoms with Crippen LogP contribution in [0.4, 0.5) is 14.5 Å². The van der Waals surface area contributed by atoms with Crippen LogP contribution in [0.5, 0.6) is 0 Å². The van der Waals surface area contributed by atoms with Gasteiger partial charge < -0.3 is 15.7 Å². The van der Waals surface area contributed by atoms with Gasteiger partial charge in [-0.05, 0) is 61.9 Å². The van der Waals surface area contributed by atoms with E-state index in [9.17, 15) is 23.5 Å². The molecule has 2 aromatic carbocycles. The molecule has 2 amide bonds. The first kappa shape index (κ1) is 25.0. The van der Waals surface area contributed by atoms with Crippen molar-refractivity contribution in [1.82, 2.24) is 14.7 Å². The Kier molecular flexibility index (Phi) is 7.03. The summed E-state index contributed by atoms with van der Waals surface area (Å²) in [5.74, 6) is -2.13. The number of imidazole rings is 1. The van der Waals surface area contributed by atoms with Gasteiger partial charge in [-0.3, -0.25) is 14.0 Å². The predicted octanol–water partition coefficient (Wildman–Crippen LogP) is 4.12. The van der Waals surface area contributed by atoms with Crippen LogP contribution in [0.1, 0.15) is 29.5 Å². The van der Waals surface area contributed by atoms with E-state index in [1.54, 1.807) is 23.5 Å². The Hall–Kier alpha value is -3.63. The highest BCUT2D eigenvalue weighted by molar-refractivity contribution is 7.17. The first-order chi connectivity index (χ1) is 17.8. The molecule has 1 aliphatic carbocycles. The number of aliphatic hydroxyl groups is 1. The minimum absolute atomic E-state index is 0.187. The zero-order chi connectivity index (χ0) is 26.1. The number of hydrogen-bond donors (Lipinski definition) is 3. The summed E-state index contributed by atoms with van der Waals surface area (Å²) in [6, 6.07) is 9.34. The molecule has 5 rings (SSSR count). The molecule has 1 unspecified atom stereocenters. The van der Waals surface area contributed by atoms with Crippen molar-refractivity contribution in [2.75, 3.05) is 11.9 Å². The van der Waals surface area contributed by atoms with Gasteiger partial charge >= 0.3 is 0 Å². The number of rotatable bonds is 7. The first-order valence-corrected chi connectivity index (χ1v) is 12.9. The summed E-state index contributed by atoms with van der Waals surface area (Å²) in [7, 11) is 0. The van der Waals surface area contributed by atoms with Crippen LogP contribution in [0.3, 0.4) is 0 Å². The molecule has 37 heavy (non-hydrogen) atoms. The number of carbonyl (C=O) groups is 2. The summed E-state index contributed by atoms with van der Waals surface area (Å²) >= 11 is 1.67. The monoisotopic (exact) mass is 524 g/mol. The van der Waals surface area contributed by atoms with Gasteiger partial charge in [0.15, 0.2) is 4.96 Å². The van der Waals surface area contributed by atoms with Crippen LogP contribution in [0.15, 0.2) is 48.7 Å². The van der Waals surface area contributed by atoms with Crippen molar-refractivity contribution in [2.45, 2.75) is 38.6 Å². The molecule has 2 aromatic heterocycles. The van der Waals surface area contributed by atoms with Crippen LogP contribution in [-0.4, -0.2) is 39.0 Å². The van der Waals surface area contributed by atoms with Crippen LogP contribution in [0, 0.1) is 17.6 Å². The Morgan fingerprint density at radius 1 is 1.19 bits per heavy atom. The third-order valence-electron chi connectivity index (χ3n) is 6.53. The second-order valence-electron chi connectivity index (χ2n) is 9.35. The number of hydrogen-bond acceptors (Lipinski definition) is 5. The fourth-order valence-electron chi connectivity index (χ4n) is 4.58. The molecular weight excluding hydrogens is 498 g/mol. The van der Waals surface area contributed by atoms with E-state index < -0.39 is 29.5 Å². The van der Waals surface area contributed by atoms with E-state index in [1.165, 1.54) is 17.5 Å². The second-order valence-corrected chi connectivity index (χ2v) is 10.4. The lowest BCUT2D eigenvalue weighted by Gasteiger charge is -2.19. The van der Waals surface area contributed by atoms with Crippen LogP contribution in [-0.2, 0) is 28.9 Å². The molecule has 7 nitrogen and oxygen atoms in total. The summed E-state index contributed by atoms with van der Waals surface area (Å²) in [4.78, 5) is 31.8. The molecule has 0 aliphatic heterocycles. The number of nitrogens with zero attached hydrogens (tertiary/aromatic N) is 2. The number of nitrogens with one attached hydrogen (secondary N) is 2. The third kappa shape index (κ3) is 5.55. The summed E-state index contributed by atoms with van der Waals surface area (Å²) in [6.07, 6.45) is 4.58. The minimum Gasteiger partial charge on any atom is -0.396 e. The number of aromatic nitrogens is 2. The zero-order valence-electron chi connectivity index (χ0n) is 20.1. The highest BCUT2D eigenvalue weighted by atomic mass is 32.1. The Morgan fingerprint density at radius 3 is 2.62 bits per heavy atom. The molecule has 2 atom stereocenters. The molecule has 0 fully saturated rings. The van der Waals surface area contributed by atoms with E-state index in [0.717, 1.165) is 53.7 Å².